The van der Waals surface area contributed by atoms with Crippen LogP contribution >= 0.6 is 0 Å². The molecule has 2 aromatic rings. The maximum absolute atomic E-state index is 12.9. The summed E-state index contributed by atoms with van der Waals surface area (Å²) in [5, 5.41) is 4.16. The lowest BCUT2D eigenvalue weighted by atomic mass is 9.80. The monoisotopic (exact) mass is 312 g/mol. The summed E-state index contributed by atoms with van der Waals surface area (Å²) in [5.74, 6) is -0.715. The van der Waals surface area contributed by atoms with Crippen LogP contribution in [-0.4, -0.2) is 11.6 Å². The van der Waals surface area contributed by atoms with Gasteiger partial charge in [-0.05, 0) is 48.6 Å². The summed E-state index contributed by atoms with van der Waals surface area (Å²) in [7, 11) is 0. The second-order valence-corrected chi connectivity index (χ2v) is 6.22. The molecule has 120 valence electrons. The van der Waals surface area contributed by atoms with Gasteiger partial charge in [0.1, 0.15) is 5.82 Å². The average Bonchev–Trinajstić information content (AvgIpc) is 2.54. The normalized spacial score (nSPS) is 12.1. The molecule has 0 spiro atoms. The summed E-state index contributed by atoms with van der Waals surface area (Å²) in [6.07, 6.45) is 0.723. The van der Waals surface area contributed by atoms with Crippen molar-refractivity contribution in [3.05, 3.63) is 71.5 Å². The Kier molecular flexibility index (Phi) is 5.27. The highest BCUT2D eigenvalue weighted by Crippen LogP contribution is 2.27. The molecule has 2 aromatic carbocycles. The van der Waals surface area contributed by atoms with E-state index < -0.39 is 0 Å². The molecule has 23 heavy (non-hydrogen) atoms. The van der Waals surface area contributed by atoms with Crippen molar-refractivity contribution in [2.45, 2.75) is 32.6 Å². The molecule has 0 aliphatic rings. The maximum Gasteiger partial charge on any atom is 0.271 e. The van der Waals surface area contributed by atoms with E-state index in [1.807, 2.05) is 25.1 Å². The first-order valence-electron chi connectivity index (χ1n) is 7.53. The standard InChI is InChI=1S/C19H21FN2O/c1-14(13-19(2,3)16-7-5-4-6-8-16)21-22-18(23)15-9-11-17(20)12-10-15/h4-12H,13H2,1-3H3,(H,22,23)/b21-14+. The number of carbonyl (C=O) groups is 1. The number of halogens is 1. The second-order valence-electron chi connectivity index (χ2n) is 6.22. The number of hydrogen-bond donors (Lipinski definition) is 1. The van der Waals surface area contributed by atoms with Crippen LogP contribution in [0.1, 0.15) is 43.1 Å². The Balaban J connectivity index is 2.00. The van der Waals surface area contributed by atoms with Crippen LogP contribution in [0.25, 0.3) is 0 Å². The molecule has 3 nitrogen and oxygen atoms in total. The van der Waals surface area contributed by atoms with Gasteiger partial charge >= 0.3 is 0 Å². The number of nitrogens with zero attached hydrogens (tertiary/aromatic N) is 1. The maximum atomic E-state index is 12.9. The van der Waals surface area contributed by atoms with Crippen molar-refractivity contribution in [2.75, 3.05) is 0 Å². The number of benzene rings is 2. The Bertz CT molecular complexity index is 691. The molecule has 0 fully saturated rings. The summed E-state index contributed by atoms with van der Waals surface area (Å²) in [4.78, 5) is 12.0. The van der Waals surface area contributed by atoms with Gasteiger partial charge in [0.2, 0.25) is 0 Å². The molecule has 0 unspecified atom stereocenters. The number of rotatable bonds is 5. The molecule has 0 aromatic heterocycles. The summed E-state index contributed by atoms with van der Waals surface area (Å²) in [6.45, 7) is 6.17. The highest BCUT2D eigenvalue weighted by Gasteiger charge is 2.21. The molecular weight excluding hydrogens is 291 g/mol. The van der Waals surface area contributed by atoms with Gasteiger partial charge in [-0.1, -0.05) is 44.2 Å². The lowest BCUT2D eigenvalue weighted by Crippen LogP contribution is -2.24. The number of amides is 1. The van der Waals surface area contributed by atoms with Crippen LogP contribution in [0, 0.1) is 5.82 Å². The Labute approximate surface area is 136 Å². The minimum absolute atomic E-state index is 0.0740. The van der Waals surface area contributed by atoms with Crippen molar-refractivity contribution >= 4 is 11.6 Å². The molecule has 0 aliphatic carbocycles. The zero-order valence-electron chi connectivity index (χ0n) is 13.6. The average molecular weight is 312 g/mol. The van der Waals surface area contributed by atoms with E-state index in [0.717, 1.165) is 12.1 Å². The van der Waals surface area contributed by atoms with Gasteiger partial charge < -0.3 is 0 Å². The summed E-state index contributed by atoms with van der Waals surface area (Å²) in [6, 6.07) is 15.6. The highest BCUT2D eigenvalue weighted by atomic mass is 19.1. The Hall–Kier alpha value is -2.49. The smallest absolute Gasteiger partial charge is 0.267 e. The van der Waals surface area contributed by atoms with Crippen LogP contribution in [0.5, 0.6) is 0 Å². The van der Waals surface area contributed by atoms with Gasteiger partial charge in [0.15, 0.2) is 0 Å². The van der Waals surface area contributed by atoms with Gasteiger partial charge in [-0.3, -0.25) is 4.79 Å². The molecule has 0 aliphatic heterocycles. The van der Waals surface area contributed by atoms with Gasteiger partial charge in [0.25, 0.3) is 5.91 Å². The molecule has 0 radical (unpaired) electrons. The second kappa shape index (κ2) is 7.18. The van der Waals surface area contributed by atoms with Crippen molar-refractivity contribution in [2.24, 2.45) is 5.10 Å². The molecule has 0 heterocycles. The number of nitrogens with one attached hydrogen (secondary N) is 1. The van der Waals surface area contributed by atoms with Crippen molar-refractivity contribution in [3.63, 3.8) is 0 Å². The SMILES string of the molecule is C/C(CC(C)(C)c1ccccc1)=N\NC(=O)c1ccc(F)cc1. The van der Waals surface area contributed by atoms with E-state index in [0.29, 0.717) is 5.56 Å². The van der Waals surface area contributed by atoms with Crippen LogP contribution in [0.15, 0.2) is 59.7 Å². The third-order valence-electron chi connectivity index (χ3n) is 3.71. The minimum atomic E-state index is -0.370. The lowest BCUT2D eigenvalue weighted by Gasteiger charge is -2.25. The number of hydrazone groups is 1. The molecule has 4 heteroatoms. The summed E-state index contributed by atoms with van der Waals surface area (Å²) < 4.78 is 12.9. The van der Waals surface area contributed by atoms with E-state index in [1.54, 1.807) is 0 Å². The van der Waals surface area contributed by atoms with Crippen molar-refractivity contribution < 1.29 is 9.18 Å². The zero-order chi connectivity index (χ0) is 16.9. The van der Waals surface area contributed by atoms with Crippen molar-refractivity contribution in [3.8, 4) is 0 Å². The molecule has 1 amide bonds. The molecule has 0 saturated heterocycles. The lowest BCUT2D eigenvalue weighted by molar-refractivity contribution is 0.0954. The van der Waals surface area contributed by atoms with Crippen LogP contribution in [-0.2, 0) is 5.41 Å². The largest absolute Gasteiger partial charge is 0.271 e. The van der Waals surface area contributed by atoms with Crippen LogP contribution in [0.2, 0.25) is 0 Å². The van der Waals surface area contributed by atoms with Gasteiger partial charge in [-0.25, -0.2) is 9.82 Å². The molecule has 0 atom stereocenters. The fourth-order valence-electron chi connectivity index (χ4n) is 2.48. The van der Waals surface area contributed by atoms with Crippen molar-refractivity contribution in [1.29, 1.82) is 0 Å². The van der Waals surface area contributed by atoms with E-state index in [1.165, 1.54) is 29.8 Å². The summed E-state index contributed by atoms with van der Waals surface area (Å²) in [5.41, 5.74) is 4.87. The van der Waals surface area contributed by atoms with E-state index in [4.69, 9.17) is 0 Å². The van der Waals surface area contributed by atoms with E-state index in [2.05, 4.69) is 36.5 Å². The Morgan fingerprint density at radius 1 is 1.09 bits per heavy atom. The zero-order valence-corrected chi connectivity index (χ0v) is 13.6. The molecular formula is C19H21FN2O. The van der Waals surface area contributed by atoms with Gasteiger partial charge in [-0.15, -0.1) is 0 Å². The number of hydrogen-bond acceptors (Lipinski definition) is 2. The Morgan fingerprint density at radius 3 is 2.30 bits per heavy atom. The van der Waals surface area contributed by atoms with Crippen LogP contribution in [0.4, 0.5) is 4.39 Å². The Morgan fingerprint density at radius 2 is 1.70 bits per heavy atom. The van der Waals surface area contributed by atoms with Gasteiger partial charge in [-0.2, -0.15) is 5.10 Å². The van der Waals surface area contributed by atoms with Crippen LogP contribution in [0.3, 0.4) is 0 Å². The predicted molar refractivity (Wildman–Crippen MR) is 91.1 cm³/mol. The third-order valence-corrected chi connectivity index (χ3v) is 3.71. The molecule has 0 saturated carbocycles. The first-order valence-corrected chi connectivity index (χ1v) is 7.53. The quantitative estimate of drug-likeness (QED) is 0.649. The van der Waals surface area contributed by atoms with Gasteiger partial charge in [0.05, 0.1) is 0 Å². The molecule has 0 bridgehead atoms. The first kappa shape index (κ1) is 16.9. The van der Waals surface area contributed by atoms with Crippen molar-refractivity contribution in [1.82, 2.24) is 5.43 Å². The predicted octanol–water partition coefficient (Wildman–Crippen LogP) is 4.30. The first-order chi connectivity index (χ1) is 10.9. The van der Waals surface area contributed by atoms with Crippen LogP contribution < -0.4 is 5.43 Å². The molecule has 2 rings (SSSR count). The third kappa shape index (κ3) is 4.74. The van der Waals surface area contributed by atoms with Gasteiger partial charge in [0, 0.05) is 11.3 Å². The topological polar surface area (TPSA) is 41.5 Å². The summed E-state index contributed by atoms with van der Waals surface area (Å²) >= 11 is 0. The van der Waals surface area contributed by atoms with E-state index in [-0.39, 0.29) is 17.1 Å². The highest BCUT2D eigenvalue weighted by molar-refractivity contribution is 5.95. The van der Waals surface area contributed by atoms with E-state index >= 15 is 0 Å². The fourth-order valence-corrected chi connectivity index (χ4v) is 2.48. The minimum Gasteiger partial charge on any atom is -0.267 e. The van der Waals surface area contributed by atoms with E-state index in [9.17, 15) is 9.18 Å². The molecule has 1 N–H and O–H groups in total. The fraction of sp³-hybridized carbons (Fsp3) is 0.263. The number of carbonyl (C=O) groups excluding carboxylic acids is 1.